The number of aryl methyl sites for hydroxylation is 1. The topological polar surface area (TPSA) is 101 Å². The van der Waals surface area contributed by atoms with Crippen molar-refractivity contribution in [1.82, 2.24) is 15.2 Å². The number of rotatable bonds is 8. The minimum absolute atomic E-state index is 0.0291. The molecule has 0 unspecified atom stereocenters. The van der Waals surface area contributed by atoms with E-state index in [1.165, 1.54) is 23.3 Å². The average Bonchev–Trinajstić information content (AvgIpc) is 3.52. The van der Waals surface area contributed by atoms with Gasteiger partial charge in [0.15, 0.2) is 0 Å². The second-order valence-electron chi connectivity index (χ2n) is 10.2. The molecule has 4 aromatic rings. The lowest BCUT2D eigenvalue weighted by molar-refractivity contribution is 0.0814. The number of nitrogens with zero attached hydrogens (tertiary/aromatic N) is 3. The number of fused-ring (bicyclic) bond motifs is 1. The molecule has 3 heterocycles. The summed E-state index contributed by atoms with van der Waals surface area (Å²) >= 11 is 1.17. The number of likely N-dealkylation sites (N-methyl/N-ethyl adjacent to an activating group) is 1. The molecule has 2 atom stereocenters. The summed E-state index contributed by atoms with van der Waals surface area (Å²) in [4.78, 5) is 33.1. The number of hydrogen-bond donors (Lipinski definition) is 2. The molecule has 3 N–H and O–H groups in total. The molecule has 0 radical (unpaired) electrons. The fraction of sp³-hybridized carbons (Fsp3) is 0.300. The van der Waals surface area contributed by atoms with Gasteiger partial charge < -0.3 is 25.6 Å². The number of carbonyl (C=O) groups excluding carboxylic acids is 2. The number of hydrogen-bond acceptors (Lipinski definition) is 7. The molecule has 2 aromatic carbocycles. The highest BCUT2D eigenvalue weighted by atomic mass is 32.1. The van der Waals surface area contributed by atoms with Crippen LogP contribution in [0.4, 0.5) is 29.3 Å². The molecule has 42 heavy (non-hydrogen) atoms. The normalized spacial score (nSPS) is 16.5. The Hall–Kier alpha value is -4.32. The van der Waals surface area contributed by atoms with Crippen molar-refractivity contribution in [2.45, 2.75) is 32.2 Å². The van der Waals surface area contributed by atoms with Gasteiger partial charge in [0.05, 0.1) is 24.0 Å². The molecule has 0 aliphatic carbocycles. The molecule has 0 saturated carbocycles. The lowest BCUT2D eigenvalue weighted by Crippen LogP contribution is -2.43. The number of ether oxygens (including phenoxy) is 1. The van der Waals surface area contributed by atoms with Crippen LogP contribution in [0, 0.1) is 18.6 Å². The van der Waals surface area contributed by atoms with Crippen LogP contribution in [0.25, 0.3) is 10.2 Å². The largest absolute Gasteiger partial charge is 0.445 e. The zero-order valence-electron chi connectivity index (χ0n) is 23.1. The van der Waals surface area contributed by atoms with E-state index in [4.69, 9.17) is 10.5 Å². The van der Waals surface area contributed by atoms with Crippen molar-refractivity contribution in [2.75, 3.05) is 37.3 Å². The number of halogens is 3. The molecule has 1 aliphatic heterocycles. The second-order valence-corrected chi connectivity index (χ2v) is 11.2. The number of amides is 2. The highest BCUT2D eigenvalue weighted by Gasteiger charge is 2.39. The monoisotopic (exact) mass is 597 g/mol. The van der Waals surface area contributed by atoms with Gasteiger partial charge in [-0.05, 0) is 42.7 Å². The third-order valence-electron chi connectivity index (χ3n) is 7.29. The number of aromatic nitrogens is 1. The molecule has 5 rings (SSSR count). The number of alkyl halides is 1. The first-order valence-corrected chi connectivity index (χ1v) is 14.2. The van der Waals surface area contributed by atoms with E-state index >= 15 is 8.78 Å². The number of nitrogen functional groups attached to an aromatic ring is 1. The summed E-state index contributed by atoms with van der Waals surface area (Å²) in [6.45, 7) is 1.68. The van der Waals surface area contributed by atoms with E-state index in [-0.39, 0.29) is 43.9 Å². The first-order valence-electron chi connectivity index (χ1n) is 13.4. The van der Waals surface area contributed by atoms with Crippen molar-refractivity contribution in [1.29, 1.82) is 0 Å². The lowest BCUT2D eigenvalue weighted by atomic mass is 10.1. The first kappa shape index (κ1) is 29.2. The fourth-order valence-corrected chi connectivity index (χ4v) is 5.98. The van der Waals surface area contributed by atoms with Gasteiger partial charge in [-0.3, -0.25) is 4.79 Å². The van der Waals surface area contributed by atoms with Crippen LogP contribution in [-0.2, 0) is 17.8 Å². The van der Waals surface area contributed by atoms with Gasteiger partial charge in [-0.25, -0.2) is 22.9 Å². The third kappa shape index (κ3) is 6.13. The molecular formula is C30H30F3N5O3S. The Kier molecular flexibility index (Phi) is 8.53. The molecule has 0 bridgehead atoms. The smallest absolute Gasteiger partial charge is 0.410 e. The Morgan fingerprint density at radius 1 is 1.14 bits per heavy atom. The fourth-order valence-electron chi connectivity index (χ4n) is 4.93. The first-order chi connectivity index (χ1) is 20.1. The van der Waals surface area contributed by atoms with Crippen LogP contribution >= 0.6 is 11.3 Å². The summed E-state index contributed by atoms with van der Waals surface area (Å²) in [6, 6.07) is 13.9. The van der Waals surface area contributed by atoms with Crippen LogP contribution in [0.1, 0.15) is 26.5 Å². The van der Waals surface area contributed by atoms with Crippen molar-refractivity contribution in [3.05, 3.63) is 87.9 Å². The summed E-state index contributed by atoms with van der Waals surface area (Å²) in [5.41, 5.74) is 8.01. The molecule has 12 heteroatoms. The van der Waals surface area contributed by atoms with Gasteiger partial charge in [-0.2, -0.15) is 0 Å². The number of nitrogens with two attached hydrogens (primary N) is 1. The van der Waals surface area contributed by atoms with E-state index in [1.54, 1.807) is 12.1 Å². The number of anilines is 2. The van der Waals surface area contributed by atoms with Crippen LogP contribution in [0.3, 0.4) is 0 Å². The maximum Gasteiger partial charge on any atom is 0.410 e. The lowest BCUT2D eigenvalue weighted by Gasteiger charge is -2.25. The minimum Gasteiger partial charge on any atom is -0.445 e. The molecule has 1 aliphatic rings. The Bertz CT molecular complexity index is 1620. The zero-order chi connectivity index (χ0) is 30.0. The Labute approximate surface area is 244 Å². The van der Waals surface area contributed by atoms with Gasteiger partial charge in [0, 0.05) is 37.3 Å². The van der Waals surface area contributed by atoms with Gasteiger partial charge in [0.1, 0.15) is 34.1 Å². The predicted molar refractivity (Wildman–Crippen MR) is 156 cm³/mol. The van der Waals surface area contributed by atoms with Gasteiger partial charge in [-0.15, -0.1) is 11.3 Å². The van der Waals surface area contributed by atoms with Crippen LogP contribution in [0.5, 0.6) is 0 Å². The van der Waals surface area contributed by atoms with E-state index in [0.29, 0.717) is 20.8 Å². The van der Waals surface area contributed by atoms with E-state index in [1.807, 2.05) is 37.3 Å². The predicted octanol–water partition coefficient (Wildman–Crippen LogP) is 5.23. The summed E-state index contributed by atoms with van der Waals surface area (Å²) in [5, 5.41) is 3.39. The number of nitrogens with one attached hydrogen (secondary N) is 1. The van der Waals surface area contributed by atoms with Gasteiger partial charge in [0.25, 0.3) is 5.91 Å². The summed E-state index contributed by atoms with van der Waals surface area (Å²) < 4.78 is 50.4. The Morgan fingerprint density at radius 2 is 1.90 bits per heavy atom. The van der Waals surface area contributed by atoms with Crippen LogP contribution < -0.4 is 16.0 Å². The SMILES string of the molecule is Cc1ccc2c(N)c(C(=O)NCCc3cc(F)c(N4C[C@@H](N(C)C(=O)OCc5ccccc5)[C@@H](F)C4)cc3F)sc2n1. The average molecular weight is 598 g/mol. The highest BCUT2D eigenvalue weighted by molar-refractivity contribution is 7.21. The van der Waals surface area contributed by atoms with Crippen molar-refractivity contribution in [3.8, 4) is 0 Å². The van der Waals surface area contributed by atoms with Crippen LogP contribution in [0.2, 0.25) is 0 Å². The van der Waals surface area contributed by atoms with Crippen molar-refractivity contribution < 1.29 is 27.5 Å². The van der Waals surface area contributed by atoms with Crippen LogP contribution in [0.15, 0.2) is 54.6 Å². The van der Waals surface area contributed by atoms with E-state index in [2.05, 4.69) is 10.3 Å². The zero-order valence-corrected chi connectivity index (χ0v) is 23.9. The van der Waals surface area contributed by atoms with Crippen molar-refractivity contribution >= 4 is 44.9 Å². The number of thiophene rings is 1. The van der Waals surface area contributed by atoms with Gasteiger partial charge >= 0.3 is 6.09 Å². The summed E-state index contributed by atoms with van der Waals surface area (Å²) in [6.07, 6.45) is -2.17. The molecule has 220 valence electrons. The maximum absolute atomic E-state index is 15.1. The molecule has 8 nitrogen and oxygen atoms in total. The number of carbonyl (C=O) groups is 2. The van der Waals surface area contributed by atoms with E-state index in [9.17, 15) is 14.0 Å². The summed E-state index contributed by atoms with van der Waals surface area (Å²) in [5.74, 6) is -1.83. The number of benzene rings is 2. The standard InChI is InChI=1S/C30H30F3N5O3S/c1-17-8-9-20-26(34)27(42-29(20)36-17)28(39)35-11-10-19-12-22(32)24(13-21(19)31)38-14-23(33)25(15-38)37(2)30(40)41-16-18-6-4-3-5-7-18/h3-9,12-13,23,25H,10-11,14-16,34H2,1-2H3,(H,35,39)/t23-,25+/m0/s1. The molecule has 1 saturated heterocycles. The Balaban J connectivity index is 1.18. The third-order valence-corrected chi connectivity index (χ3v) is 8.40. The molecule has 0 spiro atoms. The quantitative estimate of drug-likeness (QED) is 0.289. The highest BCUT2D eigenvalue weighted by Crippen LogP contribution is 2.33. The van der Waals surface area contributed by atoms with Crippen LogP contribution in [-0.4, -0.2) is 60.8 Å². The maximum atomic E-state index is 15.1. The van der Waals surface area contributed by atoms with Crippen molar-refractivity contribution in [2.24, 2.45) is 0 Å². The van der Waals surface area contributed by atoms with Crippen molar-refractivity contribution in [3.63, 3.8) is 0 Å². The molecule has 1 fully saturated rings. The molecular weight excluding hydrogens is 567 g/mol. The minimum atomic E-state index is -1.49. The van der Waals surface area contributed by atoms with Gasteiger partial charge in [-0.1, -0.05) is 30.3 Å². The van der Waals surface area contributed by atoms with E-state index in [0.717, 1.165) is 28.3 Å². The Morgan fingerprint density at radius 3 is 2.67 bits per heavy atom. The van der Waals surface area contributed by atoms with Gasteiger partial charge in [0.2, 0.25) is 0 Å². The number of pyridine rings is 1. The summed E-state index contributed by atoms with van der Waals surface area (Å²) in [7, 11) is 1.42. The molecule has 2 aromatic heterocycles. The molecule has 2 amide bonds. The van der Waals surface area contributed by atoms with E-state index < -0.39 is 35.8 Å². The second kappa shape index (κ2) is 12.3.